The van der Waals surface area contributed by atoms with E-state index in [2.05, 4.69) is 32.3 Å². The lowest BCUT2D eigenvalue weighted by Gasteiger charge is -2.30. The minimum absolute atomic E-state index is 0.0123. The van der Waals surface area contributed by atoms with Crippen molar-refractivity contribution in [2.45, 2.75) is 53.0 Å². The van der Waals surface area contributed by atoms with Crippen LogP contribution in [0.15, 0.2) is 6.07 Å². The number of hydrogen-bond acceptors (Lipinski definition) is 1. The van der Waals surface area contributed by atoms with E-state index in [-0.39, 0.29) is 17.2 Å². The van der Waals surface area contributed by atoms with E-state index in [1.54, 1.807) is 0 Å². The average molecular weight is 256 g/mol. The maximum Gasteiger partial charge on any atom is 0.179 e. The molecule has 0 saturated carbocycles. The Morgan fingerprint density at radius 2 is 2.00 bits per heavy atom. The normalized spacial score (nSPS) is 11.9. The van der Waals surface area contributed by atoms with E-state index >= 15 is 0 Å². The molecule has 0 unspecified atom stereocenters. The summed E-state index contributed by atoms with van der Waals surface area (Å²) in [4.78, 5) is 11.7. The summed E-state index contributed by atoms with van der Waals surface area (Å²) in [6, 6.07) is 1.96. The van der Waals surface area contributed by atoms with Gasteiger partial charge in [-0.25, -0.2) is 0 Å². The number of carbonyl (C=O) groups is 1. The van der Waals surface area contributed by atoms with Gasteiger partial charge in [-0.15, -0.1) is 11.6 Å². The predicted molar refractivity (Wildman–Crippen MR) is 73.2 cm³/mol. The van der Waals surface area contributed by atoms with Crippen molar-refractivity contribution >= 4 is 17.4 Å². The molecule has 3 heteroatoms. The van der Waals surface area contributed by atoms with Crippen LogP contribution in [0.2, 0.25) is 0 Å². The van der Waals surface area contributed by atoms with Crippen LogP contribution in [0.5, 0.6) is 0 Å². The summed E-state index contributed by atoms with van der Waals surface area (Å²) < 4.78 is 2.26. The third-order valence-corrected chi connectivity index (χ3v) is 3.56. The number of aryl methyl sites for hydroxylation is 1. The van der Waals surface area contributed by atoms with Gasteiger partial charge in [0.05, 0.1) is 5.88 Å². The molecule has 1 aromatic heterocycles. The van der Waals surface area contributed by atoms with E-state index in [1.165, 1.54) is 0 Å². The van der Waals surface area contributed by atoms with Crippen LogP contribution in [-0.4, -0.2) is 16.2 Å². The molecule has 0 aliphatic rings. The molecule has 0 spiro atoms. The van der Waals surface area contributed by atoms with Gasteiger partial charge in [0.1, 0.15) is 0 Å². The van der Waals surface area contributed by atoms with Crippen LogP contribution >= 0.6 is 11.6 Å². The highest BCUT2D eigenvalue weighted by Gasteiger charge is 2.25. The van der Waals surface area contributed by atoms with Crippen LogP contribution < -0.4 is 0 Å². The van der Waals surface area contributed by atoms with E-state index in [0.29, 0.717) is 0 Å². The third kappa shape index (κ3) is 2.74. The molecule has 2 nitrogen and oxygen atoms in total. The van der Waals surface area contributed by atoms with E-state index in [0.717, 1.165) is 29.8 Å². The van der Waals surface area contributed by atoms with Crippen LogP contribution in [0.3, 0.4) is 0 Å². The Morgan fingerprint density at radius 3 is 2.47 bits per heavy atom. The molecular weight excluding hydrogens is 234 g/mol. The number of aromatic nitrogens is 1. The standard InChI is InChI=1S/C14H22ClNO/c1-6-7-14(4,5)16-10(2)8-12(11(16)3)13(17)9-15/h8H,6-7,9H2,1-5H3. The molecule has 0 aromatic carbocycles. The number of nitrogens with zero attached hydrogens (tertiary/aromatic N) is 1. The van der Waals surface area contributed by atoms with Gasteiger partial charge in [-0.3, -0.25) is 4.79 Å². The SMILES string of the molecule is CCCC(C)(C)n1c(C)cc(C(=O)CCl)c1C. The highest BCUT2D eigenvalue weighted by molar-refractivity contribution is 6.30. The van der Waals surface area contributed by atoms with E-state index in [9.17, 15) is 4.79 Å². The highest BCUT2D eigenvalue weighted by Crippen LogP contribution is 2.28. The zero-order chi connectivity index (χ0) is 13.2. The minimum atomic E-state index is 0.0123. The lowest BCUT2D eigenvalue weighted by atomic mass is 9.97. The number of ketones is 1. The molecule has 0 atom stereocenters. The van der Waals surface area contributed by atoms with Crippen molar-refractivity contribution in [1.82, 2.24) is 4.57 Å². The zero-order valence-corrected chi connectivity index (χ0v) is 12.2. The Morgan fingerprint density at radius 1 is 1.41 bits per heavy atom. The third-order valence-electron chi connectivity index (χ3n) is 3.32. The monoisotopic (exact) mass is 255 g/mol. The van der Waals surface area contributed by atoms with Gasteiger partial charge >= 0.3 is 0 Å². The van der Waals surface area contributed by atoms with Gasteiger partial charge in [-0.2, -0.15) is 0 Å². The van der Waals surface area contributed by atoms with Crippen molar-refractivity contribution in [1.29, 1.82) is 0 Å². The average Bonchev–Trinajstić information content (AvgIpc) is 2.53. The Kier molecular flexibility index (Phi) is 4.42. The van der Waals surface area contributed by atoms with Gasteiger partial charge in [-0.05, 0) is 40.2 Å². The van der Waals surface area contributed by atoms with Crippen molar-refractivity contribution < 1.29 is 4.79 Å². The zero-order valence-electron chi connectivity index (χ0n) is 11.4. The molecule has 17 heavy (non-hydrogen) atoms. The summed E-state index contributed by atoms with van der Waals surface area (Å²) in [5.41, 5.74) is 2.98. The first-order valence-corrected chi connectivity index (χ1v) is 6.67. The lowest BCUT2D eigenvalue weighted by molar-refractivity contribution is 0.102. The molecule has 0 bridgehead atoms. The molecule has 1 rings (SSSR count). The van der Waals surface area contributed by atoms with Crippen LogP contribution in [0, 0.1) is 13.8 Å². The molecular formula is C14H22ClNO. The van der Waals surface area contributed by atoms with E-state index in [4.69, 9.17) is 11.6 Å². The van der Waals surface area contributed by atoms with Gasteiger partial charge in [0.2, 0.25) is 0 Å². The maximum atomic E-state index is 11.7. The van der Waals surface area contributed by atoms with Crippen molar-refractivity contribution in [3.05, 3.63) is 23.0 Å². The second kappa shape index (κ2) is 5.26. The number of hydrogen-bond donors (Lipinski definition) is 0. The summed E-state index contributed by atoms with van der Waals surface area (Å²) >= 11 is 5.64. The Balaban J connectivity index is 3.27. The smallest absolute Gasteiger partial charge is 0.179 e. The predicted octanol–water partition coefficient (Wildman–Crippen LogP) is 4.06. The maximum absolute atomic E-state index is 11.7. The summed E-state index contributed by atoms with van der Waals surface area (Å²) in [5.74, 6) is 0.0664. The largest absolute Gasteiger partial charge is 0.343 e. The van der Waals surface area contributed by atoms with Crippen LogP contribution in [0.4, 0.5) is 0 Å². The molecule has 0 aliphatic heterocycles. The number of Topliss-reactive ketones (excluding diaryl/α,β-unsaturated/α-hetero) is 1. The summed E-state index contributed by atoms with van der Waals surface area (Å²) in [6.07, 6.45) is 2.22. The number of carbonyl (C=O) groups excluding carboxylic acids is 1. The molecule has 96 valence electrons. The van der Waals surface area contributed by atoms with Gasteiger partial charge in [0, 0.05) is 22.5 Å². The van der Waals surface area contributed by atoms with Crippen molar-refractivity contribution in [3.8, 4) is 0 Å². The summed E-state index contributed by atoms with van der Waals surface area (Å²) in [5, 5.41) is 0. The Labute approximate surface area is 109 Å². The Hall–Kier alpha value is -0.760. The fourth-order valence-electron chi connectivity index (χ4n) is 2.77. The van der Waals surface area contributed by atoms with Crippen molar-refractivity contribution in [2.24, 2.45) is 0 Å². The molecule has 0 fully saturated rings. The fraction of sp³-hybridized carbons (Fsp3) is 0.643. The molecule has 1 heterocycles. The Bertz CT molecular complexity index is 418. The number of alkyl halides is 1. The van der Waals surface area contributed by atoms with E-state index in [1.807, 2.05) is 13.0 Å². The van der Waals surface area contributed by atoms with Crippen molar-refractivity contribution in [3.63, 3.8) is 0 Å². The minimum Gasteiger partial charge on any atom is -0.343 e. The van der Waals surface area contributed by atoms with Crippen LogP contribution in [0.1, 0.15) is 55.4 Å². The molecule has 1 aromatic rings. The molecule has 0 amide bonds. The first-order valence-electron chi connectivity index (χ1n) is 6.13. The van der Waals surface area contributed by atoms with Gasteiger partial charge in [-0.1, -0.05) is 13.3 Å². The molecule has 0 N–H and O–H groups in total. The van der Waals surface area contributed by atoms with E-state index < -0.39 is 0 Å². The number of halogens is 1. The van der Waals surface area contributed by atoms with Crippen LogP contribution in [0.25, 0.3) is 0 Å². The van der Waals surface area contributed by atoms with Gasteiger partial charge < -0.3 is 4.57 Å². The molecule has 0 radical (unpaired) electrons. The molecule has 0 aliphatic carbocycles. The van der Waals surface area contributed by atoms with Crippen LogP contribution in [-0.2, 0) is 5.54 Å². The number of rotatable bonds is 5. The van der Waals surface area contributed by atoms with Crippen molar-refractivity contribution in [2.75, 3.05) is 5.88 Å². The second-order valence-corrected chi connectivity index (χ2v) is 5.51. The van der Waals surface area contributed by atoms with Gasteiger partial charge in [0.15, 0.2) is 5.78 Å². The second-order valence-electron chi connectivity index (χ2n) is 5.24. The quantitative estimate of drug-likeness (QED) is 0.574. The summed E-state index contributed by atoms with van der Waals surface area (Å²) in [7, 11) is 0. The first-order chi connectivity index (χ1) is 7.85. The summed E-state index contributed by atoms with van der Waals surface area (Å²) in [6.45, 7) is 10.7. The first kappa shape index (κ1) is 14.3. The fourth-order valence-corrected chi connectivity index (χ4v) is 2.92. The molecule has 0 saturated heterocycles. The highest BCUT2D eigenvalue weighted by atomic mass is 35.5. The topological polar surface area (TPSA) is 22.0 Å². The van der Waals surface area contributed by atoms with Gasteiger partial charge in [0.25, 0.3) is 0 Å². The lowest BCUT2D eigenvalue weighted by Crippen LogP contribution is -2.28.